The van der Waals surface area contributed by atoms with E-state index in [0.717, 1.165) is 55.2 Å². The maximum Gasteiger partial charge on any atom is 0.146 e. The molecule has 14 aromatic rings. The fraction of sp³-hybridized carbons (Fsp3) is 0.0159. The van der Waals surface area contributed by atoms with E-state index in [1.807, 2.05) is 0 Å². The Morgan fingerprint density at radius 3 is 1.13 bits per heavy atom. The van der Waals surface area contributed by atoms with Crippen LogP contribution in [-0.2, 0) is 5.41 Å². The molecule has 0 saturated heterocycles. The molecule has 67 heavy (non-hydrogen) atoms. The van der Waals surface area contributed by atoms with Crippen molar-refractivity contribution >= 4 is 76.7 Å². The lowest BCUT2D eigenvalue weighted by molar-refractivity contribution is 0.794. The van der Waals surface area contributed by atoms with Gasteiger partial charge < -0.3 is 0 Å². The van der Waals surface area contributed by atoms with Crippen molar-refractivity contribution in [3.63, 3.8) is 0 Å². The number of benzene rings is 10. The van der Waals surface area contributed by atoms with Crippen LogP contribution in [0.15, 0.2) is 218 Å². The first-order valence-corrected chi connectivity index (χ1v) is 23.2. The Labute approximate surface area is 384 Å². The van der Waals surface area contributed by atoms with Crippen LogP contribution >= 0.6 is 0 Å². The zero-order chi connectivity index (χ0) is 43.5. The van der Waals surface area contributed by atoms with E-state index in [9.17, 15) is 0 Å². The third-order valence-electron chi connectivity index (χ3n) is 15.3. The predicted octanol–water partition coefficient (Wildman–Crippen LogP) is 15.6. The van der Waals surface area contributed by atoms with Crippen LogP contribution in [0.25, 0.3) is 121 Å². The Balaban J connectivity index is 0.922. The molecule has 0 unspecified atom stereocenters. The van der Waals surface area contributed by atoms with E-state index < -0.39 is 5.41 Å². The highest BCUT2D eigenvalue weighted by Crippen LogP contribution is 2.63. The van der Waals surface area contributed by atoms with Crippen molar-refractivity contribution < 1.29 is 0 Å². The quantitative estimate of drug-likeness (QED) is 0.162. The molecule has 0 fully saturated rings. The molecule has 0 aliphatic heterocycles. The molecular weight excluding hydrogens is 813 g/mol. The highest BCUT2D eigenvalue weighted by atomic mass is 15.0. The van der Waals surface area contributed by atoms with Crippen LogP contribution in [0.3, 0.4) is 0 Å². The van der Waals surface area contributed by atoms with Crippen LogP contribution in [0.1, 0.15) is 22.3 Å². The minimum Gasteiger partial charge on any atom is -0.292 e. The lowest BCUT2D eigenvalue weighted by atomic mass is 9.70. The minimum absolute atomic E-state index is 0.513. The Morgan fingerprint density at radius 2 is 0.642 bits per heavy atom. The second kappa shape index (κ2) is 12.7. The van der Waals surface area contributed by atoms with Gasteiger partial charge in [0.2, 0.25) is 0 Å². The summed E-state index contributed by atoms with van der Waals surface area (Å²) in [5.74, 6) is 0. The van der Waals surface area contributed by atoms with E-state index in [2.05, 4.69) is 227 Å². The van der Waals surface area contributed by atoms with Gasteiger partial charge in [0.15, 0.2) is 0 Å². The first-order valence-electron chi connectivity index (χ1n) is 23.2. The summed E-state index contributed by atoms with van der Waals surface area (Å²) >= 11 is 0. The SMILES string of the molecule is c1ccc2c(c1)-c1ccc(-c3ccc4c(c3)c3ccccc3n3c5ccccc5nc43)cc1C21c2ccccc2-c2ccc(-c3ccc4c(c3)c3ccccc3n3c5ccccc5nc43)cc21. The highest BCUT2D eigenvalue weighted by Gasteiger charge is 2.51. The standard InChI is InChI=1S/C63H36N4/c1-5-17-51-41(13-1)43-29-25-39(37-27-31-47-49(33-37)45-15-3-9-21-57(45)66-59-23-11-7-19-55(59)64-61(47)66)35-53(43)63(51)52-18-6-2-14-42(52)44-30-26-40(36-54(44)63)38-28-32-48-50(34-38)46-16-4-10-22-58(46)67-60-24-12-8-20-56(60)65-62(48)67/h1-36H. The van der Waals surface area contributed by atoms with Gasteiger partial charge in [-0.1, -0.05) is 146 Å². The molecule has 4 nitrogen and oxygen atoms in total. The summed E-state index contributed by atoms with van der Waals surface area (Å²) in [5, 5.41) is 7.16. The Kier molecular flexibility index (Phi) is 6.72. The van der Waals surface area contributed by atoms with Gasteiger partial charge in [-0.15, -0.1) is 0 Å². The third kappa shape index (κ3) is 4.47. The maximum atomic E-state index is 5.19. The van der Waals surface area contributed by atoms with Crippen molar-refractivity contribution in [1.29, 1.82) is 0 Å². The Morgan fingerprint density at radius 1 is 0.269 bits per heavy atom. The fourth-order valence-corrected chi connectivity index (χ4v) is 12.5. The van der Waals surface area contributed by atoms with Crippen molar-refractivity contribution in [2.75, 3.05) is 0 Å². The smallest absolute Gasteiger partial charge is 0.146 e. The molecule has 308 valence electrons. The van der Waals surface area contributed by atoms with Crippen molar-refractivity contribution in [2.45, 2.75) is 5.41 Å². The fourth-order valence-electron chi connectivity index (χ4n) is 12.5. The number of imidazole rings is 2. The molecule has 0 N–H and O–H groups in total. The number of nitrogens with zero attached hydrogens (tertiary/aromatic N) is 4. The van der Waals surface area contributed by atoms with E-state index in [0.29, 0.717) is 0 Å². The second-order valence-corrected chi connectivity index (χ2v) is 18.4. The number of fused-ring (bicyclic) bond motifs is 26. The summed E-state index contributed by atoms with van der Waals surface area (Å²) < 4.78 is 4.65. The van der Waals surface area contributed by atoms with Gasteiger partial charge in [-0.2, -0.15) is 0 Å². The van der Waals surface area contributed by atoms with Gasteiger partial charge in [0.25, 0.3) is 0 Å². The predicted molar refractivity (Wildman–Crippen MR) is 276 cm³/mol. The number of hydrogen-bond acceptors (Lipinski definition) is 2. The summed E-state index contributed by atoms with van der Waals surface area (Å²) in [5.41, 5.74) is 23.3. The van der Waals surface area contributed by atoms with Crippen molar-refractivity contribution in [1.82, 2.24) is 18.8 Å². The van der Waals surface area contributed by atoms with E-state index >= 15 is 0 Å². The summed E-state index contributed by atoms with van der Waals surface area (Å²) in [6.07, 6.45) is 0. The average molecular weight is 849 g/mol. The lowest BCUT2D eigenvalue weighted by Crippen LogP contribution is -2.26. The van der Waals surface area contributed by atoms with Crippen molar-refractivity contribution in [3.8, 4) is 44.5 Å². The molecule has 4 aromatic heterocycles. The van der Waals surface area contributed by atoms with Gasteiger partial charge in [-0.25, -0.2) is 9.97 Å². The largest absolute Gasteiger partial charge is 0.292 e. The molecule has 0 bridgehead atoms. The Hall–Kier alpha value is -8.86. The highest BCUT2D eigenvalue weighted by molar-refractivity contribution is 6.16. The van der Waals surface area contributed by atoms with Gasteiger partial charge in [0, 0.05) is 21.5 Å². The number of rotatable bonds is 2. The molecular formula is C63H36N4. The van der Waals surface area contributed by atoms with E-state index in [1.165, 1.54) is 88.3 Å². The molecule has 0 saturated carbocycles. The van der Waals surface area contributed by atoms with Gasteiger partial charge in [-0.3, -0.25) is 8.80 Å². The van der Waals surface area contributed by atoms with Crippen LogP contribution in [-0.4, -0.2) is 18.8 Å². The summed E-state index contributed by atoms with van der Waals surface area (Å²) in [6.45, 7) is 0. The van der Waals surface area contributed by atoms with Gasteiger partial charge in [-0.05, 0) is 150 Å². The van der Waals surface area contributed by atoms with Gasteiger partial charge in [0.1, 0.15) is 11.3 Å². The number of para-hydroxylation sites is 6. The molecule has 2 aliphatic carbocycles. The number of pyridine rings is 2. The molecule has 10 aromatic carbocycles. The molecule has 16 rings (SSSR count). The van der Waals surface area contributed by atoms with Crippen LogP contribution < -0.4 is 0 Å². The minimum atomic E-state index is -0.513. The van der Waals surface area contributed by atoms with Crippen LogP contribution in [0, 0.1) is 0 Å². The summed E-state index contributed by atoms with van der Waals surface area (Å²) in [6, 6.07) is 81.1. The van der Waals surface area contributed by atoms with E-state index in [-0.39, 0.29) is 0 Å². The molecule has 2 aliphatic rings. The normalized spacial score (nSPS) is 13.5. The average Bonchev–Trinajstić information content (AvgIpc) is 4.14. The van der Waals surface area contributed by atoms with Gasteiger partial charge >= 0.3 is 0 Å². The zero-order valence-electron chi connectivity index (χ0n) is 36.1. The molecule has 1 spiro atoms. The Bertz CT molecular complexity index is 4240. The molecule has 0 atom stereocenters. The molecule has 0 radical (unpaired) electrons. The second-order valence-electron chi connectivity index (χ2n) is 18.4. The van der Waals surface area contributed by atoms with Crippen LogP contribution in [0.4, 0.5) is 0 Å². The van der Waals surface area contributed by atoms with Crippen molar-refractivity contribution in [2.24, 2.45) is 0 Å². The topological polar surface area (TPSA) is 34.6 Å². The first kappa shape index (κ1) is 35.5. The van der Waals surface area contributed by atoms with Crippen LogP contribution in [0.2, 0.25) is 0 Å². The van der Waals surface area contributed by atoms with E-state index in [1.54, 1.807) is 0 Å². The van der Waals surface area contributed by atoms with Crippen molar-refractivity contribution in [3.05, 3.63) is 241 Å². The zero-order valence-corrected chi connectivity index (χ0v) is 36.1. The summed E-state index contributed by atoms with van der Waals surface area (Å²) in [4.78, 5) is 10.4. The van der Waals surface area contributed by atoms with Crippen LogP contribution in [0.5, 0.6) is 0 Å². The summed E-state index contributed by atoms with van der Waals surface area (Å²) in [7, 11) is 0. The maximum absolute atomic E-state index is 5.19. The van der Waals surface area contributed by atoms with E-state index in [4.69, 9.17) is 9.97 Å². The number of aromatic nitrogens is 4. The number of hydrogen-bond donors (Lipinski definition) is 0. The molecule has 0 amide bonds. The lowest BCUT2D eigenvalue weighted by Gasteiger charge is -2.31. The monoisotopic (exact) mass is 848 g/mol. The molecule has 4 heteroatoms. The third-order valence-corrected chi connectivity index (χ3v) is 15.3. The first-order chi connectivity index (χ1) is 33.2. The van der Waals surface area contributed by atoms with Gasteiger partial charge in [0.05, 0.1) is 38.5 Å². The molecule has 4 heterocycles.